The molecule has 1 heterocycles. The van der Waals surface area contributed by atoms with Crippen LogP contribution in [0.5, 0.6) is 0 Å². The minimum absolute atomic E-state index is 0.209. The van der Waals surface area contributed by atoms with Crippen LogP contribution in [0, 0.1) is 6.92 Å². The Morgan fingerprint density at radius 2 is 1.62 bits per heavy atom. The SMILES string of the molecule is Cc1ccc(S(=O)(=O)N/N=C/c2ccccc2N2CCCCCC2)cc1. The van der Waals surface area contributed by atoms with Crippen molar-refractivity contribution >= 4 is 21.9 Å². The first kappa shape index (κ1) is 18.5. The van der Waals surface area contributed by atoms with Gasteiger partial charge in [-0.25, -0.2) is 4.83 Å². The van der Waals surface area contributed by atoms with Crippen molar-refractivity contribution in [2.24, 2.45) is 5.10 Å². The predicted molar refractivity (Wildman–Crippen MR) is 106 cm³/mol. The molecule has 1 N–H and O–H groups in total. The van der Waals surface area contributed by atoms with E-state index in [1.807, 2.05) is 25.1 Å². The fourth-order valence-electron chi connectivity index (χ4n) is 3.13. The molecule has 1 fully saturated rings. The molecule has 0 amide bonds. The first-order valence-corrected chi connectivity index (χ1v) is 10.5. The Balaban J connectivity index is 1.75. The molecule has 1 aliphatic heterocycles. The van der Waals surface area contributed by atoms with Crippen LogP contribution >= 0.6 is 0 Å². The topological polar surface area (TPSA) is 61.8 Å². The van der Waals surface area contributed by atoms with E-state index in [-0.39, 0.29) is 4.90 Å². The van der Waals surface area contributed by atoms with Crippen LogP contribution in [-0.4, -0.2) is 27.7 Å². The lowest BCUT2D eigenvalue weighted by molar-refractivity contribution is 0.584. The molecule has 1 aliphatic rings. The fourth-order valence-corrected chi connectivity index (χ4v) is 3.92. The standard InChI is InChI=1S/C20H25N3O2S/c1-17-10-12-19(13-11-17)26(24,25)22-21-16-18-8-4-5-9-20(18)23-14-6-2-3-7-15-23/h4-5,8-13,16,22H,2-3,6-7,14-15H2,1H3/b21-16+. The number of nitrogens with one attached hydrogen (secondary N) is 1. The van der Waals surface area contributed by atoms with Crippen LogP contribution in [0.2, 0.25) is 0 Å². The van der Waals surface area contributed by atoms with Crippen LogP contribution in [0.3, 0.4) is 0 Å². The number of nitrogens with zero attached hydrogens (tertiary/aromatic N) is 2. The van der Waals surface area contributed by atoms with E-state index >= 15 is 0 Å². The normalized spacial score (nSPS) is 15.8. The van der Waals surface area contributed by atoms with Crippen molar-refractivity contribution in [3.63, 3.8) is 0 Å². The Bertz CT molecular complexity index is 853. The van der Waals surface area contributed by atoms with E-state index < -0.39 is 10.0 Å². The lowest BCUT2D eigenvalue weighted by Crippen LogP contribution is -2.25. The van der Waals surface area contributed by atoms with Gasteiger partial charge < -0.3 is 4.90 Å². The summed E-state index contributed by atoms with van der Waals surface area (Å²) in [7, 11) is -3.65. The van der Waals surface area contributed by atoms with Gasteiger partial charge in [0.25, 0.3) is 10.0 Å². The molecule has 2 aromatic rings. The van der Waals surface area contributed by atoms with E-state index in [9.17, 15) is 8.42 Å². The van der Waals surface area contributed by atoms with Crippen molar-refractivity contribution < 1.29 is 8.42 Å². The highest BCUT2D eigenvalue weighted by Crippen LogP contribution is 2.22. The highest BCUT2D eigenvalue weighted by atomic mass is 32.2. The number of aryl methyl sites for hydroxylation is 1. The van der Waals surface area contributed by atoms with Crippen molar-refractivity contribution in [1.82, 2.24) is 4.83 Å². The van der Waals surface area contributed by atoms with E-state index in [1.54, 1.807) is 30.5 Å². The monoisotopic (exact) mass is 371 g/mol. The van der Waals surface area contributed by atoms with Gasteiger partial charge in [-0.15, -0.1) is 0 Å². The maximum Gasteiger partial charge on any atom is 0.276 e. The number of hydrogen-bond donors (Lipinski definition) is 1. The van der Waals surface area contributed by atoms with Crippen molar-refractivity contribution in [2.75, 3.05) is 18.0 Å². The van der Waals surface area contributed by atoms with Gasteiger partial charge in [0.2, 0.25) is 0 Å². The van der Waals surface area contributed by atoms with Crippen molar-refractivity contribution in [1.29, 1.82) is 0 Å². The second-order valence-corrected chi connectivity index (χ2v) is 8.29. The first-order chi connectivity index (χ1) is 12.6. The summed E-state index contributed by atoms with van der Waals surface area (Å²) in [5.74, 6) is 0. The second-order valence-electron chi connectivity index (χ2n) is 6.63. The molecule has 0 aliphatic carbocycles. The molecule has 2 aromatic carbocycles. The summed E-state index contributed by atoms with van der Waals surface area (Å²) in [5.41, 5.74) is 3.03. The van der Waals surface area contributed by atoms with Crippen molar-refractivity contribution in [2.45, 2.75) is 37.5 Å². The summed E-state index contributed by atoms with van der Waals surface area (Å²) in [4.78, 5) is 4.88. The molecule has 26 heavy (non-hydrogen) atoms. The van der Waals surface area contributed by atoms with Gasteiger partial charge in [0.15, 0.2) is 0 Å². The third-order valence-electron chi connectivity index (χ3n) is 4.59. The molecule has 0 radical (unpaired) electrons. The van der Waals surface area contributed by atoms with E-state index in [4.69, 9.17) is 0 Å². The van der Waals surface area contributed by atoms with E-state index in [2.05, 4.69) is 20.9 Å². The van der Waals surface area contributed by atoms with Gasteiger partial charge in [-0.2, -0.15) is 13.5 Å². The van der Waals surface area contributed by atoms with E-state index in [0.717, 1.165) is 29.9 Å². The molecule has 0 aromatic heterocycles. The third kappa shape index (κ3) is 4.64. The number of hydrazone groups is 1. The number of benzene rings is 2. The average Bonchev–Trinajstić information content (AvgIpc) is 2.92. The molecule has 0 saturated carbocycles. The van der Waals surface area contributed by atoms with Gasteiger partial charge in [0.05, 0.1) is 11.1 Å². The summed E-state index contributed by atoms with van der Waals surface area (Å²) < 4.78 is 24.7. The highest BCUT2D eigenvalue weighted by molar-refractivity contribution is 7.89. The largest absolute Gasteiger partial charge is 0.371 e. The molecule has 6 heteroatoms. The summed E-state index contributed by atoms with van der Waals surface area (Å²) in [6.07, 6.45) is 6.50. The fraction of sp³-hybridized carbons (Fsp3) is 0.350. The molecular formula is C20H25N3O2S. The van der Waals surface area contributed by atoms with E-state index in [1.165, 1.54) is 25.7 Å². The van der Waals surface area contributed by atoms with Crippen LogP contribution in [0.1, 0.15) is 36.8 Å². The molecule has 0 spiro atoms. The molecular weight excluding hydrogens is 346 g/mol. The number of sulfonamides is 1. The number of anilines is 1. The van der Waals surface area contributed by atoms with Crippen LogP contribution in [0.15, 0.2) is 58.5 Å². The van der Waals surface area contributed by atoms with Crippen LogP contribution in [0.25, 0.3) is 0 Å². The van der Waals surface area contributed by atoms with Crippen LogP contribution in [-0.2, 0) is 10.0 Å². The van der Waals surface area contributed by atoms with Gasteiger partial charge in [-0.3, -0.25) is 0 Å². The van der Waals surface area contributed by atoms with Gasteiger partial charge >= 0.3 is 0 Å². The van der Waals surface area contributed by atoms with Gasteiger partial charge in [0.1, 0.15) is 0 Å². The van der Waals surface area contributed by atoms with E-state index in [0.29, 0.717) is 0 Å². The molecule has 0 unspecified atom stereocenters. The summed E-state index contributed by atoms with van der Waals surface area (Å²) in [5, 5.41) is 4.00. The average molecular weight is 372 g/mol. The molecule has 138 valence electrons. The second kappa shape index (κ2) is 8.36. The first-order valence-electron chi connectivity index (χ1n) is 9.02. The Hall–Kier alpha value is -2.34. The predicted octanol–water partition coefficient (Wildman–Crippen LogP) is 3.69. The lowest BCUT2D eigenvalue weighted by Gasteiger charge is -2.24. The Morgan fingerprint density at radius 1 is 0.962 bits per heavy atom. The molecule has 0 atom stereocenters. The zero-order valence-corrected chi connectivity index (χ0v) is 15.9. The minimum atomic E-state index is -3.65. The number of rotatable bonds is 5. The van der Waals surface area contributed by atoms with Crippen molar-refractivity contribution in [3.8, 4) is 0 Å². The minimum Gasteiger partial charge on any atom is -0.371 e. The Morgan fingerprint density at radius 3 is 2.31 bits per heavy atom. The molecule has 5 nitrogen and oxygen atoms in total. The number of para-hydroxylation sites is 1. The van der Waals surface area contributed by atoms with Gasteiger partial charge in [0, 0.05) is 24.3 Å². The smallest absolute Gasteiger partial charge is 0.276 e. The number of hydrogen-bond acceptors (Lipinski definition) is 4. The summed E-state index contributed by atoms with van der Waals surface area (Å²) in [6, 6.07) is 14.7. The molecule has 0 bridgehead atoms. The molecule has 3 rings (SSSR count). The Kier molecular flexibility index (Phi) is 5.93. The zero-order chi connectivity index (χ0) is 18.4. The Labute approximate surface area is 155 Å². The maximum atomic E-state index is 12.3. The maximum absolute atomic E-state index is 12.3. The lowest BCUT2D eigenvalue weighted by atomic mass is 10.1. The van der Waals surface area contributed by atoms with Gasteiger partial charge in [-0.05, 0) is 38.0 Å². The van der Waals surface area contributed by atoms with Crippen LogP contribution < -0.4 is 9.73 Å². The summed E-state index contributed by atoms with van der Waals surface area (Å²) >= 11 is 0. The third-order valence-corrected chi connectivity index (χ3v) is 5.83. The zero-order valence-electron chi connectivity index (χ0n) is 15.1. The van der Waals surface area contributed by atoms with Crippen LogP contribution in [0.4, 0.5) is 5.69 Å². The van der Waals surface area contributed by atoms with Gasteiger partial charge in [-0.1, -0.05) is 48.7 Å². The molecule has 1 saturated heterocycles. The quantitative estimate of drug-likeness (QED) is 0.644. The summed E-state index contributed by atoms with van der Waals surface area (Å²) in [6.45, 7) is 3.97. The highest BCUT2D eigenvalue weighted by Gasteiger charge is 2.14. The van der Waals surface area contributed by atoms with Crippen molar-refractivity contribution in [3.05, 3.63) is 59.7 Å².